The maximum atomic E-state index is 13.3. The number of hydrogen-bond acceptors (Lipinski definition) is 3. The van der Waals surface area contributed by atoms with Crippen LogP contribution in [0.25, 0.3) is 0 Å². The fourth-order valence-electron chi connectivity index (χ4n) is 3.95. The topological polar surface area (TPSA) is 47.6 Å². The van der Waals surface area contributed by atoms with E-state index in [0.717, 1.165) is 44.6 Å². The molecule has 144 valence electrons. The summed E-state index contributed by atoms with van der Waals surface area (Å²) < 4.78 is 13.3. The van der Waals surface area contributed by atoms with Crippen LogP contribution in [0.5, 0.6) is 0 Å². The minimum absolute atomic E-state index is 0.0707. The van der Waals surface area contributed by atoms with Gasteiger partial charge in [0.05, 0.1) is 6.04 Å². The number of nitrogens with one attached hydrogen (secondary N) is 2. The van der Waals surface area contributed by atoms with Gasteiger partial charge >= 0.3 is 6.03 Å². The van der Waals surface area contributed by atoms with Gasteiger partial charge in [0, 0.05) is 38.8 Å². The lowest BCUT2D eigenvalue weighted by molar-refractivity contribution is 0.111. The molecule has 2 amide bonds. The van der Waals surface area contributed by atoms with E-state index in [9.17, 15) is 9.18 Å². The highest BCUT2D eigenvalue weighted by Crippen LogP contribution is 2.22. The maximum Gasteiger partial charge on any atom is 0.315 e. The Labute approximate surface area is 155 Å². The second-order valence-electron chi connectivity index (χ2n) is 7.60. The van der Waals surface area contributed by atoms with Crippen molar-refractivity contribution in [2.75, 3.05) is 39.8 Å². The molecule has 1 saturated heterocycles. The molecule has 1 heterocycles. The van der Waals surface area contributed by atoms with Gasteiger partial charge in [-0.05, 0) is 37.6 Å². The van der Waals surface area contributed by atoms with Gasteiger partial charge in [0.2, 0.25) is 0 Å². The average molecular weight is 362 g/mol. The van der Waals surface area contributed by atoms with Crippen LogP contribution in [0.1, 0.15) is 43.7 Å². The quantitative estimate of drug-likeness (QED) is 0.847. The molecule has 1 saturated carbocycles. The number of halogens is 1. The number of amides is 2. The summed E-state index contributed by atoms with van der Waals surface area (Å²) in [7, 11) is 2.13. The van der Waals surface area contributed by atoms with Gasteiger partial charge in [0.15, 0.2) is 0 Å². The number of hydrogen-bond donors (Lipinski definition) is 2. The van der Waals surface area contributed by atoms with Gasteiger partial charge in [-0.3, -0.25) is 4.90 Å². The van der Waals surface area contributed by atoms with E-state index in [1.54, 1.807) is 0 Å². The number of nitrogens with zero attached hydrogens (tertiary/aromatic N) is 2. The van der Waals surface area contributed by atoms with Crippen molar-refractivity contribution in [3.05, 3.63) is 35.6 Å². The van der Waals surface area contributed by atoms with E-state index >= 15 is 0 Å². The summed E-state index contributed by atoms with van der Waals surface area (Å²) in [5.41, 5.74) is 1.05. The molecule has 1 aliphatic heterocycles. The van der Waals surface area contributed by atoms with Gasteiger partial charge in [0.1, 0.15) is 5.82 Å². The smallest absolute Gasteiger partial charge is 0.315 e. The molecular weight excluding hydrogens is 331 g/mol. The molecule has 6 heteroatoms. The number of carbonyl (C=O) groups excluding carboxylic acids is 1. The molecule has 26 heavy (non-hydrogen) atoms. The van der Waals surface area contributed by atoms with Gasteiger partial charge in [-0.2, -0.15) is 0 Å². The Hall–Kier alpha value is -1.66. The first-order chi connectivity index (χ1) is 12.6. The predicted octanol–water partition coefficient (Wildman–Crippen LogP) is 2.75. The first kappa shape index (κ1) is 19.1. The second kappa shape index (κ2) is 9.33. The molecule has 0 bridgehead atoms. The molecule has 1 aromatic rings. The van der Waals surface area contributed by atoms with E-state index in [1.807, 2.05) is 12.1 Å². The Morgan fingerprint density at radius 3 is 2.42 bits per heavy atom. The molecule has 0 spiro atoms. The van der Waals surface area contributed by atoms with E-state index in [2.05, 4.69) is 27.5 Å². The van der Waals surface area contributed by atoms with Crippen LogP contribution in [0.15, 0.2) is 24.3 Å². The lowest BCUT2D eigenvalue weighted by Gasteiger charge is -2.38. The Balaban J connectivity index is 1.59. The molecule has 1 aromatic carbocycles. The molecule has 0 unspecified atom stereocenters. The monoisotopic (exact) mass is 362 g/mol. The molecule has 2 fully saturated rings. The number of benzene rings is 1. The van der Waals surface area contributed by atoms with E-state index in [-0.39, 0.29) is 17.9 Å². The van der Waals surface area contributed by atoms with Crippen molar-refractivity contribution < 1.29 is 9.18 Å². The highest BCUT2D eigenvalue weighted by atomic mass is 19.1. The summed E-state index contributed by atoms with van der Waals surface area (Å²) in [6.45, 7) is 4.45. The van der Waals surface area contributed by atoms with Gasteiger partial charge in [0.25, 0.3) is 0 Å². The normalized spacial score (nSPS) is 21.3. The molecule has 5 nitrogen and oxygen atoms in total. The summed E-state index contributed by atoms with van der Waals surface area (Å²) >= 11 is 0. The standard InChI is InChI=1S/C20H31FN4O/c1-24-11-13-25(14-12-24)19(16-7-9-17(21)10-8-16)15-22-20(26)23-18-5-3-2-4-6-18/h7-10,18-19H,2-6,11-15H2,1H3,(H2,22,23,26)/t19-/m1/s1. The second-order valence-corrected chi connectivity index (χ2v) is 7.60. The summed E-state index contributed by atoms with van der Waals surface area (Å²) in [6, 6.07) is 6.95. The van der Waals surface area contributed by atoms with Crippen LogP contribution < -0.4 is 10.6 Å². The molecule has 1 atom stereocenters. The first-order valence-corrected chi connectivity index (χ1v) is 9.84. The molecule has 3 rings (SSSR count). The molecule has 0 aromatic heterocycles. The molecule has 2 aliphatic rings. The Morgan fingerprint density at radius 1 is 1.12 bits per heavy atom. The minimum atomic E-state index is -0.228. The third-order valence-corrected chi connectivity index (χ3v) is 5.63. The highest BCUT2D eigenvalue weighted by molar-refractivity contribution is 5.74. The minimum Gasteiger partial charge on any atom is -0.336 e. The number of piperazine rings is 1. The van der Waals surface area contributed by atoms with Crippen LogP contribution in [0.4, 0.5) is 9.18 Å². The number of likely N-dealkylation sites (N-methyl/N-ethyl adjacent to an activating group) is 1. The first-order valence-electron chi connectivity index (χ1n) is 9.84. The van der Waals surface area contributed by atoms with Crippen molar-refractivity contribution in [3.8, 4) is 0 Å². The van der Waals surface area contributed by atoms with Crippen molar-refractivity contribution in [3.63, 3.8) is 0 Å². The van der Waals surface area contributed by atoms with Crippen LogP contribution in [0.3, 0.4) is 0 Å². The summed E-state index contributed by atoms with van der Waals surface area (Å²) in [6.07, 6.45) is 5.82. The third kappa shape index (κ3) is 5.42. The van der Waals surface area contributed by atoms with Crippen LogP contribution >= 0.6 is 0 Å². The zero-order valence-corrected chi connectivity index (χ0v) is 15.7. The summed E-state index contributed by atoms with van der Waals surface area (Å²) in [5.74, 6) is -0.228. The van der Waals surface area contributed by atoms with E-state index in [1.165, 1.54) is 31.4 Å². The van der Waals surface area contributed by atoms with Crippen LogP contribution in [0.2, 0.25) is 0 Å². The van der Waals surface area contributed by atoms with Crippen LogP contribution in [-0.4, -0.2) is 61.6 Å². The predicted molar refractivity (Wildman–Crippen MR) is 102 cm³/mol. The van der Waals surface area contributed by atoms with Gasteiger partial charge in [-0.1, -0.05) is 31.4 Å². The van der Waals surface area contributed by atoms with Crippen LogP contribution in [-0.2, 0) is 0 Å². The summed E-state index contributed by atoms with van der Waals surface area (Å²) in [5, 5.41) is 6.16. The average Bonchev–Trinajstić information content (AvgIpc) is 2.65. The van der Waals surface area contributed by atoms with Crippen molar-refractivity contribution in [1.29, 1.82) is 0 Å². The molecule has 2 N–H and O–H groups in total. The Bertz CT molecular complexity index is 566. The zero-order valence-electron chi connectivity index (χ0n) is 15.7. The number of carbonyl (C=O) groups is 1. The number of rotatable bonds is 5. The van der Waals surface area contributed by atoms with Crippen molar-refractivity contribution in [1.82, 2.24) is 20.4 Å². The molecular formula is C20H31FN4O. The van der Waals surface area contributed by atoms with Crippen molar-refractivity contribution in [2.45, 2.75) is 44.2 Å². The maximum absolute atomic E-state index is 13.3. The largest absolute Gasteiger partial charge is 0.336 e. The highest BCUT2D eigenvalue weighted by Gasteiger charge is 2.25. The van der Waals surface area contributed by atoms with E-state index in [0.29, 0.717) is 12.6 Å². The van der Waals surface area contributed by atoms with Gasteiger partial charge in [-0.15, -0.1) is 0 Å². The lowest BCUT2D eigenvalue weighted by Crippen LogP contribution is -2.50. The van der Waals surface area contributed by atoms with Gasteiger partial charge in [-0.25, -0.2) is 9.18 Å². The van der Waals surface area contributed by atoms with E-state index < -0.39 is 0 Å². The Morgan fingerprint density at radius 2 is 1.77 bits per heavy atom. The van der Waals surface area contributed by atoms with Gasteiger partial charge < -0.3 is 15.5 Å². The molecule has 0 radical (unpaired) electrons. The SMILES string of the molecule is CN1CCN([C@H](CNC(=O)NC2CCCCC2)c2ccc(F)cc2)CC1. The van der Waals surface area contributed by atoms with Crippen molar-refractivity contribution in [2.24, 2.45) is 0 Å². The fourth-order valence-corrected chi connectivity index (χ4v) is 3.95. The number of urea groups is 1. The molecule has 1 aliphatic carbocycles. The van der Waals surface area contributed by atoms with Crippen molar-refractivity contribution >= 4 is 6.03 Å². The van der Waals surface area contributed by atoms with Crippen LogP contribution in [0, 0.1) is 5.82 Å². The Kier molecular flexibility index (Phi) is 6.86. The van der Waals surface area contributed by atoms with E-state index in [4.69, 9.17) is 0 Å². The zero-order chi connectivity index (χ0) is 18.4. The summed E-state index contributed by atoms with van der Waals surface area (Å²) in [4.78, 5) is 17.0. The fraction of sp³-hybridized carbons (Fsp3) is 0.650. The third-order valence-electron chi connectivity index (χ3n) is 5.63. The lowest BCUT2D eigenvalue weighted by atomic mass is 9.96.